The van der Waals surface area contributed by atoms with Gasteiger partial charge in [0.1, 0.15) is 5.75 Å². The molecule has 6 nitrogen and oxygen atoms in total. The quantitative estimate of drug-likeness (QED) is 0.579. The first-order valence-corrected chi connectivity index (χ1v) is 10.4. The van der Waals surface area contributed by atoms with E-state index < -0.39 is 11.6 Å². The minimum Gasteiger partial charge on any atom is -0.476 e. The van der Waals surface area contributed by atoms with E-state index in [0.717, 1.165) is 22.2 Å². The molecule has 0 fully saturated rings. The van der Waals surface area contributed by atoms with Gasteiger partial charge < -0.3 is 19.8 Å². The summed E-state index contributed by atoms with van der Waals surface area (Å²) in [4.78, 5) is 25.4. The molecule has 0 amide bonds. The number of benzene rings is 2. The van der Waals surface area contributed by atoms with Crippen LogP contribution in [-0.2, 0) is 22.6 Å². The Morgan fingerprint density at radius 3 is 2.35 bits per heavy atom. The van der Waals surface area contributed by atoms with Crippen LogP contribution in [0.1, 0.15) is 33.4 Å². The SMILES string of the molecule is COC(=O)C(C)(C)Oc1ccc2c(=O)n(CC(C)C)c(CN)c(-c3ccccc3)c2c1. The smallest absolute Gasteiger partial charge is 0.349 e. The predicted octanol–water partition coefficient (Wildman–Crippen LogP) is 4.11. The number of rotatable bonds is 7. The van der Waals surface area contributed by atoms with Crippen molar-refractivity contribution in [3.63, 3.8) is 0 Å². The molecule has 2 aromatic carbocycles. The van der Waals surface area contributed by atoms with Crippen molar-refractivity contribution in [2.24, 2.45) is 11.7 Å². The molecule has 0 aliphatic carbocycles. The van der Waals surface area contributed by atoms with Gasteiger partial charge in [0.2, 0.25) is 0 Å². The number of nitrogens with two attached hydrogens (primary N) is 1. The van der Waals surface area contributed by atoms with Crippen LogP contribution in [0.3, 0.4) is 0 Å². The molecule has 0 aliphatic rings. The average molecular weight is 423 g/mol. The lowest BCUT2D eigenvalue weighted by Crippen LogP contribution is -2.39. The highest BCUT2D eigenvalue weighted by molar-refractivity contribution is 5.98. The van der Waals surface area contributed by atoms with E-state index >= 15 is 0 Å². The lowest BCUT2D eigenvalue weighted by Gasteiger charge is -2.24. The Balaban J connectivity index is 2.32. The molecular weight excluding hydrogens is 392 g/mol. The molecule has 2 N–H and O–H groups in total. The predicted molar refractivity (Wildman–Crippen MR) is 123 cm³/mol. The Morgan fingerprint density at radius 2 is 1.77 bits per heavy atom. The lowest BCUT2D eigenvalue weighted by molar-refractivity contribution is -0.156. The van der Waals surface area contributed by atoms with Crippen molar-refractivity contribution in [3.8, 4) is 16.9 Å². The van der Waals surface area contributed by atoms with Gasteiger partial charge in [-0.25, -0.2) is 4.79 Å². The van der Waals surface area contributed by atoms with E-state index in [1.807, 2.05) is 36.4 Å². The van der Waals surface area contributed by atoms with E-state index in [9.17, 15) is 9.59 Å². The summed E-state index contributed by atoms with van der Waals surface area (Å²) in [6.07, 6.45) is 0. The number of carbonyl (C=O) groups excluding carboxylic acids is 1. The summed E-state index contributed by atoms with van der Waals surface area (Å²) < 4.78 is 12.6. The van der Waals surface area contributed by atoms with E-state index in [1.165, 1.54) is 7.11 Å². The van der Waals surface area contributed by atoms with E-state index in [2.05, 4.69) is 13.8 Å². The minimum atomic E-state index is -1.17. The summed E-state index contributed by atoms with van der Waals surface area (Å²) in [5.74, 6) is 0.280. The maximum atomic E-state index is 13.4. The third-order valence-corrected chi connectivity index (χ3v) is 5.20. The van der Waals surface area contributed by atoms with Gasteiger partial charge in [0, 0.05) is 35.1 Å². The standard InChI is InChI=1S/C25H30N2O4/c1-16(2)15-27-21(14-26)22(17-9-7-6-8-10-17)20-13-18(11-12-19(20)23(27)28)31-25(3,4)24(29)30-5/h6-13,16H,14-15,26H2,1-5H3. The highest BCUT2D eigenvalue weighted by atomic mass is 16.6. The van der Waals surface area contributed by atoms with E-state index in [-0.39, 0.29) is 18.0 Å². The number of esters is 1. The van der Waals surface area contributed by atoms with Crippen molar-refractivity contribution in [1.29, 1.82) is 0 Å². The number of methoxy groups -OCH3 is 1. The molecule has 3 rings (SSSR count). The molecule has 3 aromatic rings. The van der Waals surface area contributed by atoms with Gasteiger partial charge in [0.15, 0.2) is 5.60 Å². The Labute approximate surface area is 182 Å². The Kier molecular flexibility index (Phi) is 6.51. The molecule has 0 saturated carbocycles. The third-order valence-electron chi connectivity index (χ3n) is 5.20. The molecule has 1 aromatic heterocycles. The maximum Gasteiger partial charge on any atom is 0.349 e. The fourth-order valence-electron chi connectivity index (χ4n) is 3.82. The number of hydrogen-bond acceptors (Lipinski definition) is 5. The van der Waals surface area contributed by atoms with Crippen LogP contribution in [-0.4, -0.2) is 23.2 Å². The van der Waals surface area contributed by atoms with Crippen LogP contribution in [0.4, 0.5) is 0 Å². The van der Waals surface area contributed by atoms with Gasteiger partial charge >= 0.3 is 5.97 Å². The maximum absolute atomic E-state index is 13.4. The normalized spacial score (nSPS) is 11.7. The molecular formula is C25H30N2O4. The number of ether oxygens (including phenoxy) is 2. The molecule has 1 heterocycles. The largest absolute Gasteiger partial charge is 0.476 e. The molecule has 0 saturated heterocycles. The lowest BCUT2D eigenvalue weighted by atomic mass is 9.96. The molecule has 0 radical (unpaired) electrons. The van der Waals surface area contributed by atoms with Crippen molar-refractivity contribution < 1.29 is 14.3 Å². The second-order valence-corrected chi connectivity index (χ2v) is 8.51. The molecule has 0 atom stereocenters. The fraction of sp³-hybridized carbons (Fsp3) is 0.360. The Morgan fingerprint density at radius 1 is 1.10 bits per heavy atom. The van der Waals surface area contributed by atoms with Crippen molar-refractivity contribution in [1.82, 2.24) is 4.57 Å². The molecule has 0 bridgehead atoms. The summed E-state index contributed by atoms with van der Waals surface area (Å²) in [6.45, 7) is 8.24. The van der Waals surface area contributed by atoms with Gasteiger partial charge in [-0.1, -0.05) is 44.2 Å². The molecule has 0 aliphatic heterocycles. The monoisotopic (exact) mass is 422 g/mol. The summed E-state index contributed by atoms with van der Waals surface area (Å²) in [6, 6.07) is 15.1. The zero-order valence-electron chi connectivity index (χ0n) is 18.8. The van der Waals surface area contributed by atoms with Crippen LogP contribution in [0, 0.1) is 5.92 Å². The first kappa shape index (κ1) is 22.6. The number of carbonyl (C=O) groups is 1. The van der Waals surface area contributed by atoms with Crippen LogP contribution in [0.5, 0.6) is 5.75 Å². The van der Waals surface area contributed by atoms with Crippen LogP contribution in [0.25, 0.3) is 21.9 Å². The number of pyridine rings is 1. The van der Waals surface area contributed by atoms with Crippen molar-refractivity contribution in [2.45, 2.75) is 46.4 Å². The van der Waals surface area contributed by atoms with Gasteiger partial charge in [-0.2, -0.15) is 0 Å². The first-order valence-electron chi connectivity index (χ1n) is 10.4. The molecule has 0 spiro atoms. The van der Waals surface area contributed by atoms with Crippen LogP contribution < -0.4 is 16.0 Å². The van der Waals surface area contributed by atoms with E-state index in [4.69, 9.17) is 15.2 Å². The van der Waals surface area contributed by atoms with Gasteiger partial charge in [0.25, 0.3) is 5.56 Å². The summed E-state index contributed by atoms with van der Waals surface area (Å²) in [7, 11) is 1.33. The van der Waals surface area contributed by atoms with Crippen molar-refractivity contribution in [3.05, 3.63) is 64.6 Å². The molecule has 31 heavy (non-hydrogen) atoms. The highest BCUT2D eigenvalue weighted by Gasteiger charge is 2.31. The van der Waals surface area contributed by atoms with Crippen LogP contribution in [0.2, 0.25) is 0 Å². The summed E-state index contributed by atoms with van der Waals surface area (Å²) >= 11 is 0. The van der Waals surface area contributed by atoms with Gasteiger partial charge in [-0.15, -0.1) is 0 Å². The average Bonchev–Trinajstić information content (AvgIpc) is 2.74. The molecule has 6 heteroatoms. The van der Waals surface area contributed by atoms with Crippen LogP contribution >= 0.6 is 0 Å². The highest BCUT2D eigenvalue weighted by Crippen LogP contribution is 2.34. The van der Waals surface area contributed by atoms with Crippen LogP contribution in [0.15, 0.2) is 53.3 Å². The van der Waals surface area contributed by atoms with Gasteiger partial charge in [-0.3, -0.25) is 4.79 Å². The van der Waals surface area contributed by atoms with E-state index in [0.29, 0.717) is 17.7 Å². The van der Waals surface area contributed by atoms with Gasteiger partial charge in [0.05, 0.1) is 7.11 Å². The minimum absolute atomic E-state index is 0.0809. The summed E-state index contributed by atoms with van der Waals surface area (Å²) in [5.41, 5.74) is 7.57. The van der Waals surface area contributed by atoms with Gasteiger partial charge in [-0.05, 0) is 43.5 Å². The third kappa shape index (κ3) is 4.49. The fourth-order valence-corrected chi connectivity index (χ4v) is 3.82. The summed E-state index contributed by atoms with van der Waals surface area (Å²) in [5, 5.41) is 1.33. The zero-order valence-corrected chi connectivity index (χ0v) is 18.8. The second kappa shape index (κ2) is 8.94. The Hall–Kier alpha value is -3.12. The first-order chi connectivity index (χ1) is 14.7. The number of nitrogens with zero attached hydrogens (tertiary/aromatic N) is 1. The molecule has 0 unspecified atom stereocenters. The second-order valence-electron chi connectivity index (χ2n) is 8.51. The number of aromatic nitrogens is 1. The van der Waals surface area contributed by atoms with Crippen molar-refractivity contribution >= 4 is 16.7 Å². The number of hydrogen-bond donors (Lipinski definition) is 1. The molecule has 164 valence electrons. The topological polar surface area (TPSA) is 83.5 Å². The van der Waals surface area contributed by atoms with Crippen molar-refractivity contribution in [2.75, 3.05) is 7.11 Å². The number of fused-ring (bicyclic) bond motifs is 1. The zero-order chi connectivity index (χ0) is 22.8. The Bertz CT molecular complexity index is 1150. The van der Waals surface area contributed by atoms with E-state index in [1.54, 1.807) is 30.5 Å².